The third-order valence-electron chi connectivity index (χ3n) is 1.47. The Hall–Kier alpha value is -1.14. The highest BCUT2D eigenvalue weighted by Gasteiger charge is 1.99. The molecule has 0 atom stereocenters. The van der Waals surface area contributed by atoms with E-state index < -0.39 is 0 Å². The second-order valence-corrected chi connectivity index (χ2v) is 2.51. The number of carbonyl (C=O) groups excluding carboxylic acids is 2. The minimum Gasteiger partial charge on any atom is -0.468 e. The molecule has 14 heavy (non-hydrogen) atoms. The molecule has 0 bridgehead atoms. The van der Waals surface area contributed by atoms with Gasteiger partial charge >= 0.3 is 11.9 Å². The molecule has 0 aliphatic rings. The van der Waals surface area contributed by atoms with Crippen molar-refractivity contribution in [2.75, 3.05) is 40.4 Å². The molecule has 6 nitrogen and oxygen atoms in total. The van der Waals surface area contributed by atoms with Gasteiger partial charge in [0.2, 0.25) is 0 Å². The van der Waals surface area contributed by atoms with Crippen LogP contribution in [0.5, 0.6) is 0 Å². The van der Waals surface area contributed by atoms with Crippen LogP contribution in [0.3, 0.4) is 0 Å². The summed E-state index contributed by atoms with van der Waals surface area (Å²) in [6, 6.07) is 0. The summed E-state index contributed by atoms with van der Waals surface area (Å²) < 4.78 is 8.83. The first kappa shape index (κ1) is 12.9. The summed E-state index contributed by atoms with van der Waals surface area (Å²) in [5.41, 5.74) is 0. The van der Waals surface area contributed by atoms with Crippen molar-refractivity contribution in [3.63, 3.8) is 0 Å². The summed E-state index contributed by atoms with van der Waals surface area (Å²) in [4.78, 5) is 21.2. The molecule has 0 radical (unpaired) electrons. The van der Waals surface area contributed by atoms with Crippen LogP contribution >= 0.6 is 0 Å². The van der Waals surface area contributed by atoms with E-state index in [1.165, 1.54) is 14.2 Å². The minimum atomic E-state index is -0.307. The maximum absolute atomic E-state index is 10.6. The van der Waals surface area contributed by atoms with Crippen molar-refractivity contribution in [2.24, 2.45) is 0 Å². The standard InChI is InChI=1S/C8H16N2O4/c1-13-7(11)5-9-3-4-10-6-8(12)14-2/h9-10H,3-6H2,1-2H3. The van der Waals surface area contributed by atoms with Gasteiger partial charge in [-0.25, -0.2) is 0 Å². The fraction of sp³-hybridized carbons (Fsp3) is 0.750. The number of hydrogen-bond acceptors (Lipinski definition) is 6. The monoisotopic (exact) mass is 204 g/mol. The van der Waals surface area contributed by atoms with E-state index in [-0.39, 0.29) is 25.0 Å². The number of carbonyl (C=O) groups is 2. The third-order valence-corrected chi connectivity index (χ3v) is 1.47. The molecular weight excluding hydrogens is 188 g/mol. The lowest BCUT2D eigenvalue weighted by Gasteiger charge is -2.04. The van der Waals surface area contributed by atoms with Gasteiger partial charge in [-0.1, -0.05) is 0 Å². The SMILES string of the molecule is COC(=O)CNCCNCC(=O)OC. The zero-order valence-electron chi connectivity index (χ0n) is 8.46. The predicted octanol–water partition coefficient (Wildman–Crippen LogP) is -1.49. The molecule has 2 N–H and O–H groups in total. The normalized spacial score (nSPS) is 9.57. The average Bonchev–Trinajstić information content (AvgIpc) is 2.22. The Morgan fingerprint density at radius 3 is 1.57 bits per heavy atom. The zero-order valence-corrected chi connectivity index (χ0v) is 8.46. The molecule has 0 fully saturated rings. The van der Waals surface area contributed by atoms with Gasteiger partial charge in [-0.3, -0.25) is 9.59 Å². The largest absolute Gasteiger partial charge is 0.468 e. The molecule has 0 aromatic carbocycles. The van der Waals surface area contributed by atoms with Crippen molar-refractivity contribution < 1.29 is 19.1 Å². The van der Waals surface area contributed by atoms with Crippen molar-refractivity contribution in [3.8, 4) is 0 Å². The summed E-state index contributed by atoms with van der Waals surface area (Å²) in [5, 5.41) is 5.68. The van der Waals surface area contributed by atoms with Gasteiger partial charge in [0.05, 0.1) is 27.3 Å². The van der Waals surface area contributed by atoms with Crippen LogP contribution in [-0.2, 0) is 19.1 Å². The topological polar surface area (TPSA) is 76.7 Å². The first-order chi connectivity index (χ1) is 6.70. The average molecular weight is 204 g/mol. The molecule has 6 heteroatoms. The number of nitrogens with one attached hydrogen (secondary N) is 2. The first-order valence-corrected chi connectivity index (χ1v) is 4.25. The Labute approximate surface area is 82.9 Å². The van der Waals surface area contributed by atoms with Crippen LogP contribution in [-0.4, -0.2) is 52.3 Å². The smallest absolute Gasteiger partial charge is 0.319 e. The van der Waals surface area contributed by atoms with Crippen LogP contribution in [0.2, 0.25) is 0 Å². The summed E-state index contributed by atoms with van der Waals surface area (Å²) in [6.07, 6.45) is 0. The molecule has 0 aromatic heterocycles. The fourth-order valence-electron chi connectivity index (χ4n) is 0.702. The van der Waals surface area contributed by atoms with Gasteiger partial charge in [0.1, 0.15) is 0 Å². The fourth-order valence-corrected chi connectivity index (χ4v) is 0.702. The Morgan fingerprint density at radius 1 is 0.929 bits per heavy atom. The van der Waals surface area contributed by atoms with Crippen molar-refractivity contribution in [3.05, 3.63) is 0 Å². The molecule has 0 saturated heterocycles. The molecule has 0 rings (SSSR count). The van der Waals surface area contributed by atoms with Crippen LogP contribution in [0.25, 0.3) is 0 Å². The zero-order chi connectivity index (χ0) is 10.8. The Kier molecular flexibility index (Phi) is 7.77. The third kappa shape index (κ3) is 7.51. The minimum absolute atomic E-state index is 0.177. The highest BCUT2D eigenvalue weighted by atomic mass is 16.5. The lowest BCUT2D eigenvalue weighted by molar-refractivity contribution is -0.140. The van der Waals surface area contributed by atoms with Crippen LogP contribution in [0.1, 0.15) is 0 Å². The van der Waals surface area contributed by atoms with E-state index in [1.807, 2.05) is 0 Å². The molecule has 0 amide bonds. The first-order valence-electron chi connectivity index (χ1n) is 4.25. The van der Waals surface area contributed by atoms with E-state index in [0.717, 1.165) is 0 Å². The second kappa shape index (κ2) is 8.46. The highest BCUT2D eigenvalue weighted by Crippen LogP contribution is 1.70. The quantitative estimate of drug-likeness (QED) is 0.389. The molecule has 82 valence electrons. The van der Waals surface area contributed by atoms with E-state index in [0.29, 0.717) is 13.1 Å². The lowest BCUT2D eigenvalue weighted by Crippen LogP contribution is -2.33. The van der Waals surface area contributed by atoms with E-state index in [2.05, 4.69) is 20.1 Å². The predicted molar refractivity (Wildman–Crippen MR) is 49.8 cm³/mol. The van der Waals surface area contributed by atoms with Crippen molar-refractivity contribution in [2.45, 2.75) is 0 Å². The van der Waals surface area contributed by atoms with E-state index in [4.69, 9.17) is 0 Å². The van der Waals surface area contributed by atoms with Crippen molar-refractivity contribution in [1.29, 1.82) is 0 Å². The lowest BCUT2D eigenvalue weighted by atomic mass is 10.5. The van der Waals surface area contributed by atoms with Crippen LogP contribution in [0.15, 0.2) is 0 Å². The van der Waals surface area contributed by atoms with Gasteiger partial charge < -0.3 is 20.1 Å². The molecule has 0 unspecified atom stereocenters. The number of hydrogen-bond donors (Lipinski definition) is 2. The number of esters is 2. The second-order valence-electron chi connectivity index (χ2n) is 2.51. The molecular formula is C8H16N2O4. The van der Waals surface area contributed by atoms with Crippen molar-refractivity contribution >= 4 is 11.9 Å². The van der Waals surface area contributed by atoms with Gasteiger partial charge in [0.15, 0.2) is 0 Å². The molecule has 0 heterocycles. The maximum atomic E-state index is 10.6. The van der Waals surface area contributed by atoms with Gasteiger partial charge in [-0.05, 0) is 0 Å². The number of ether oxygens (including phenoxy) is 2. The summed E-state index contributed by atoms with van der Waals surface area (Å²) in [6.45, 7) is 1.53. The molecule has 0 aromatic rings. The van der Waals surface area contributed by atoms with Crippen LogP contribution < -0.4 is 10.6 Å². The number of methoxy groups -OCH3 is 2. The summed E-state index contributed by atoms with van der Waals surface area (Å²) in [5.74, 6) is -0.615. The highest BCUT2D eigenvalue weighted by molar-refractivity contribution is 5.71. The van der Waals surface area contributed by atoms with Crippen molar-refractivity contribution in [1.82, 2.24) is 10.6 Å². The van der Waals surface area contributed by atoms with Crippen LogP contribution in [0, 0.1) is 0 Å². The Bertz CT molecular complexity index is 164. The van der Waals surface area contributed by atoms with Gasteiger partial charge in [-0.2, -0.15) is 0 Å². The van der Waals surface area contributed by atoms with Gasteiger partial charge in [0.25, 0.3) is 0 Å². The Balaban J connectivity index is 3.14. The Morgan fingerprint density at radius 2 is 1.29 bits per heavy atom. The number of rotatable bonds is 7. The van der Waals surface area contributed by atoms with E-state index in [9.17, 15) is 9.59 Å². The van der Waals surface area contributed by atoms with Gasteiger partial charge in [0, 0.05) is 13.1 Å². The summed E-state index contributed by atoms with van der Waals surface area (Å²) in [7, 11) is 2.67. The van der Waals surface area contributed by atoms with Crippen LogP contribution in [0.4, 0.5) is 0 Å². The molecule has 0 aliphatic carbocycles. The van der Waals surface area contributed by atoms with E-state index in [1.54, 1.807) is 0 Å². The maximum Gasteiger partial charge on any atom is 0.319 e. The van der Waals surface area contributed by atoms with Gasteiger partial charge in [-0.15, -0.1) is 0 Å². The summed E-state index contributed by atoms with van der Waals surface area (Å²) >= 11 is 0. The van der Waals surface area contributed by atoms with E-state index >= 15 is 0 Å². The molecule has 0 saturated carbocycles. The molecule has 0 spiro atoms. The molecule has 0 aliphatic heterocycles.